The minimum absolute atomic E-state index is 0.229. The Balaban J connectivity index is 1.35. The molecule has 1 saturated heterocycles. The van der Waals surface area contributed by atoms with Gasteiger partial charge in [-0.05, 0) is 61.3 Å². The van der Waals surface area contributed by atoms with Gasteiger partial charge in [-0.1, -0.05) is 48.0 Å². The van der Waals surface area contributed by atoms with E-state index < -0.39 is 23.6 Å². The van der Waals surface area contributed by atoms with Gasteiger partial charge in [-0.3, -0.25) is 15.2 Å². The average Bonchev–Trinajstić information content (AvgIpc) is 3.56. The van der Waals surface area contributed by atoms with Crippen molar-refractivity contribution in [1.82, 2.24) is 20.8 Å². The van der Waals surface area contributed by atoms with Crippen LogP contribution in [0.1, 0.15) is 36.1 Å². The molecule has 3 atom stereocenters. The number of ether oxygens (including phenoxy) is 1. The van der Waals surface area contributed by atoms with Crippen LogP contribution in [0.15, 0.2) is 66.7 Å². The molecule has 2 aliphatic heterocycles. The van der Waals surface area contributed by atoms with E-state index in [4.69, 9.17) is 22.1 Å². The number of nitrogen functional groups attached to an aromatic ring is 1. The van der Waals surface area contributed by atoms with Crippen LogP contribution in [0.25, 0.3) is 10.9 Å². The third-order valence-corrected chi connectivity index (χ3v) is 7.88. The number of aromatic amines is 1. The highest BCUT2D eigenvalue weighted by Crippen LogP contribution is 2.44. The second-order valence-corrected chi connectivity index (χ2v) is 10.6. The van der Waals surface area contributed by atoms with Gasteiger partial charge in [0.15, 0.2) is 11.4 Å². The molecular weight excluding hydrogens is 516 g/mol. The number of amides is 2. The Morgan fingerprint density at radius 2 is 2.03 bits per heavy atom. The van der Waals surface area contributed by atoms with E-state index in [1.165, 1.54) is 0 Å². The number of H-pyrrole nitrogens is 1. The summed E-state index contributed by atoms with van der Waals surface area (Å²) in [5.41, 5.74) is 9.05. The highest BCUT2D eigenvalue weighted by molar-refractivity contribution is 6.31. The van der Waals surface area contributed by atoms with E-state index in [0.29, 0.717) is 42.5 Å². The number of fused-ring (bicyclic) bond motifs is 3. The molecule has 39 heavy (non-hydrogen) atoms. The molecule has 200 valence electrons. The summed E-state index contributed by atoms with van der Waals surface area (Å²) < 4.78 is 5.98. The summed E-state index contributed by atoms with van der Waals surface area (Å²) in [5.74, 6) is 0.0406. The molecule has 5 N–H and O–H groups in total. The van der Waals surface area contributed by atoms with Gasteiger partial charge in [-0.25, -0.2) is 9.69 Å². The highest BCUT2D eigenvalue weighted by atomic mass is 35.5. The van der Waals surface area contributed by atoms with E-state index in [9.17, 15) is 9.59 Å². The van der Waals surface area contributed by atoms with Crippen molar-refractivity contribution < 1.29 is 14.3 Å². The molecule has 2 amide bonds. The molecular formula is C29H29ClN6O3. The molecule has 1 aromatic heterocycles. The molecule has 9 nitrogen and oxygen atoms in total. The van der Waals surface area contributed by atoms with E-state index in [1.54, 1.807) is 18.2 Å². The van der Waals surface area contributed by atoms with Crippen LogP contribution in [0.3, 0.4) is 0 Å². The number of carbonyl (C=O) groups is 2. The molecule has 6 rings (SSSR count). The van der Waals surface area contributed by atoms with Gasteiger partial charge in [-0.15, -0.1) is 0 Å². The summed E-state index contributed by atoms with van der Waals surface area (Å²) in [6, 6.07) is 19.8. The van der Waals surface area contributed by atoms with Crippen molar-refractivity contribution in [3.8, 4) is 0 Å². The van der Waals surface area contributed by atoms with Crippen LogP contribution in [0, 0.1) is 0 Å². The molecule has 0 bridgehead atoms. The predicted molar refractivity (Wildman–Crippen MR) is 151 cm³/mol. The zero-order valence-electron chi connectivity index (χ0n) is 21.4. The zero-order chi connectivity index (χ0) is 27.1. The molecule has 1 spiro atoms. The van der Waals surface area contributed by atoms with Crippen molar-refractivity contribution in [3.63, 3.8) is 0 Å². The maximum Gasteiger partial charge on any atom is 0.422 e. The summed E-state index contributed by atoms with van der Waals surface area (Å²) in [4.78, 5) is 28.9. The molecule has 4 aromatic rings. The first kappa shape index (κ1) is 25.4. The smallest absolute Gasteiger partial charge is 0.422 e. The molecule has 2 unspecified atom stereocenters. The molecule has 3 aromatic carbocycles. The number of nitrogens with zero attached hydrogens (tertiary/aromatic N) is 2. The normalized spacial score (nSPS) is 20.2. The Kier molecular flexibility index (Phi) is 6.50. The lowest BCUT2D eigenvalue weighted by molar-refractivity contribution is -0.121. The maximum atomic E-state index is 14.2. The number of anilines is 2. The molecule has 1 fully saturated rings. The Bertz CT molecular complexity index is 1550. The van der Waals surface area contributed by atoms with Crippen molar-refractivity contribution in [3.05, 3.63) is 88.4 Å². The van der Waals surface area contributed by atoms with Crippen LogP contribution in [0.4, 0.5) is 16.3 Å². The molecule has 0 aliphatic carbocycles. The van der Waals surface area contributed by atoms with Crippen LogP contribution in [-0.4, -0.2) is 41.3 Å². The first-order valence-electron chi connectivity index (χ1n) is 13.0. The number of hydrogen-bond acceptors (Lipinski definition) is 7. The molecule has 2 aliphatic rings. The molecule has 0 saturated carbocycles. The van der Waals surface area contributed by atoms with E-state index >= 15 is 0 Å². The lowest BCUT2D eigenvalue weighted by atomic mass is 9.89. The monoisotopic (exact) mass is 544 g/mol. The average molecular weight is 545 g/mol. The first-order valence-corrected chi connectivity index (χ1v) is 13.3. The van der Waals surface area contributed by atoms with Crippen molar-refractivity contribution >= 4 is 46.0 Å². The summed E-state index contributed by atoms with van der Waals surface area (Å²) in [6.45, 7) is 3.15. The lowest BCUT2D eigenvalue weighted by Gasteiger charge is -2.40. The van der Waals surface area contributed by atoms with Crippen molar-refractivity contribution in [2.24, 2.45) is 0 Å². The van der Waals surface area contributed by atoms with Crippen LogP contribution in [0.5, 0.6) is 0 Å². The minimum atomic E-state index is -0.842. The van der Waals surface area contributed by atoms with Crippen LogP contribution in [0.2, 0.25) is 5.02 Å². The number of aromatic nitrogens is 2. The number of nitrogens with two attached hydrogens (primary N) is 1. The first-order chi connectivity index (χ1) is 18.8. The van der Waals surface area contributed by atoms with Gasteiger partial charge in [0, 0.05) is 35.0 Å². The Morgan fingerprint density at radius 3 is 2.79 bits per heavy atom. The van der Waals surface area contributed by atoms with E-state index in [2.05, 4.69) is 20.8 Å². The Labute approximate surface area is 230 Å². The summed E-state index contributed by atoms with van der Waals surface area (Å²) in [5, 5.41) is 15.1. The van der Waals surface area contributed by atoms with Crippen LogP contribution in [-0.2, 0) is 21.6 Å². The SMILES string of the molecule is CC(NC(Cc1ccccc1)C(=O)N1C(=O)O[C@]2(CCNC2)c2cc(Cl)ccc21)c1ccc2c(N)n[nH]c2c1. The van der Waals surface area contributed by atoms with E-state index in [-0.39, 0.29) is 6.04 Å². The highest BCUT2D eigenvalue weighted by Gasteiger charge is 2.49. The quantitative estimate of drug-likeness (QED) is 0.283. The van der Waals surface area contributed by atoms with Gasteiger partial charge in [0.1, 0.15) is 0 Å². The van der Waals surface area contributed by atoms with Crippen LogP contribution < -0.4 is 21.3 Å². The molecule has 10 heteroatoms. The number of rotatable bonds is 6. The van der Waals surface area contributed by atoms with Gasteiger partial charge >= 0.3 is 6.09 Å². The molecule has 0 radical (unpaired) electrons. The topological polar surface area (TPSA) is 125 Å². The molecule has 3 heterocycles. The number of imide groups is 1. The number of nitrogens with one attached hydrogen (secondary N) is 3. The fourth-order valence-corrected chi connectivity index (χ4v) is 5.75. The van der Waals surface area contributed by atoms with Gasteiger partial charge in [-0.2, -0.15) is 5.10 Å². The third kappa shape index (κ3) is 4.63. The predicted octanol–water partition coefficient (Wildman–Crippen LogP) is 4.43. The fourth-order valence-electron chi connectivity index (χ4n) is 5.58. The van der Waals surface area contributed by atoms with Gasteiger partial charge in [0.05, 0.1) is 17.2 Å². The number of benzene rings is 3. The Morgan fingerprint density at radius 1 is 1.21 bits per heavy atom. The van der Waals surface area contributed by atoms with Crippen molar-refractivity contribution in [2.75, 3.05) is 23.7 Å². The van der Waals surface area contributed by atoms with Crippen molar-refractivity contribution in [2.45, 2.75) is 37.5 Å². The maximum absolute atomic E-state index is 14.2. The lowest BCUT2D eigenvalue weighted by Crippen LogP contribution is -2.55. The van der Waals surface area contributed by atoms with Gasteiger partial charge in [0.25, 0.3) is 5.91 Å². The van der Waals surface area contributed by atoms with Gasteiger partial charge in [0.2, 0.25) is 0 Å². The second kappa shape index (κ2) is 10.00. The number of halogens is 1. The number of hydrogen-bond donors (Lipinski definition) is 4. The number of carbonyl (C=O) groups excluding carboxylic acids is 2. The van der Waals surface area contributed by atoms with E-state index in [0.717, 1.165) is 32.5 Å². The van der Waals surface area contributed by atoms with Crippen molar-refractivity contribution in [1.29, 1.82) is 0 Å². The third-order valence-electron chi connectivity index (χ3n) is 7.64. The summed E-state index contributed by atoms with van der Waals surface area (Å²) >= 11 is 6.36. The summed E-state index contributed by atoms with van der Waals surface area (Å²) in [6.07, 6.45) is 0.306. The Hall–Kier alpha value is -3.92. The van der Waals surface area contributed by atoms with Gasteiger partial charge < -0.3 is 15.8 Å². The minimum Gasteiger partial charge on any atom is -0.436 e. The zero-order valence-corrected chi connectivity index (χ0v) is 22.2. The standard InChI is InChI=1S/C29H29ClN6O3/c1-17(19-7-9-21-23(14-19)34-35-26(21)31)33-24(13-18-5-3-2-4-6-18)27(37)36-25-10-8-20(30)15-22(25)29(39-28(36)38)11-12-32-16-29/h2-10,14-15,17,24,32-33H,11-13,16H2,1H3,(H3,31,34,35)/t17?,24?,29-/m0/s1. The fraction of sp³-hybridized carbons (Fsp3) is 0.276. The van der Waals surface area contributed by atoms with E-state index in [1.807, 2.05) is 55.5 Å². The van der Waals surface area contributed by atoms with Crippen LogP contribution >= 0.6 is 11.6 Å². The largest absolute Gasteiger partial charge is 0.436 e. The second-order valence-electron chi connectivity index (χ2n) is 10.2. The summed E-state index contributed by atoms with van der Waals surface area (Å²) in [7, 11) is 0.